The first-order valence-electron chi connectivity index (χ1n) is 7.63. The molecule has 1 aliphatic rings. The fraction of sp³-hybridized carbons (Fsp3) is 0.389. The molecule has 0 radical (unpaired) electrons. The van der Waals surface area contributed by atoms with E-state index in [0.29, 0.717) is 18.8 Å². The van der Waals surface area contributed by atoms with Crippen LogP contribution in [-0.4, -0.2) is 34.8 Å². The Hall–Kier alpha value is -1.52. The number of aliphatic hydroxyl groups is 1. The van der Waals surface area contributed by atoms with E-state index in [1.807, 2.05) is 12.1 Å². The third-order valence-corrected chi connectivity index (χ3v) is 5.26. The van der Waals surface area contributed by atoms with Crippen LogP contribution in [0.4, 0.5) is 0 Å². The van der Waals surface area contributed by atoms with Gasteiger partial charge in [0.2, 0.25) is 0 Å². The van der Waals surface area contributed by atoms with Gasteiger partial charge in [-0.15, -0.1) is 0 Å². The van der Waals surface area contributed by atoms with Gasteiger partial charge in [-0.25, -0.2) is 4.79 Å². The van der Waals surface area contributed by atoms with Crippen molar-refractivity contribution in [3.05, 3.63) is 48.0 Å². The number of carbonyl (C=O) groups excluding carboxylic acids is 1. The molecule has 1 N–H and O–H groups in total. The van der Waals surface area contributed by atoms with Crippen molar-refractivity contribution in [2.45, 2.75) is 24.9 Å². The molecule has 0 bridgehead atoms. The zero-order valence-corrected chi connectivity index (χ0v) is 13.3. The Labute approximate surface area is 134 Å². The minimum atomic E-state index is -1.26. The lowest BCUT2D eigenvalue weighted by molar-refractivity contribution is -0.162. The average Bonchev–Trinajstić information content (AvgIpc) is 2.99. The van der Waals surface area contributed by atoms with Crippen LogP contribution in [0.25, 0.3) is 10.8 Å². The molecule has 2 aromatic rings. The number of hydrogen-bond acceptors (Lipinski definition) is 4. The molecule has 0 aliphatic carbocycles. The third kappa shape index (κ3) is 3.28. The van der Waals surface area contributed by atoms with E-state index in [1.54, 1.807) is 11.8 Å². The predicted molar refractivity (Wildman–Crippen MR) is 90.1 cm³/mol. The highest BCUT2D eigenvalue weighted by Gasteiger charge is 2.40. The predicted octanol–water partition coefficient (Wildman–Crippen LogP) is 3.18. The SMILES string of the molecule is O=C(OCCCc1cccc2ccccc12)C1(O)CCSC1. The second-order valence-corrected chi connectivity index (χ2v) is 6.82. The van der Waals surface area contributed by atoms with E-state index in [2.05, 4.69) is 30.3 Å². The van der Waals surface area contributed by atoms with Crippen molar-refractivity contribution >= 4 is 28.5 Å². The molecular weight excluding hydrogens is 296 g/mol. The first-order chi connectivity index (χ1) is 10.7. The number of ether oxygens (including phenoxy) is 1. The van der Waals surface area contributed by atoms with Crippen LogP contribution in [0.1, 0.15) is 18.4 Å². The van der Waals surface area contributed by atoms with Crippen LogP contribution in [0.5, 0.6) is 0 Å². The van der Waals surface area contributed by atoms with Crippen molar-refractivity contribution in [3.63, 3.8) is 0 Å². The maximum absolute atomic E-state index is 11.9. The average molecular weight is 316 g/mol. The van der Waals surface area contributed by atoms with Crippen LogP contribution >= 0.6 is 11.8 Å². The topological polar surface area (TPSA) is 46.5 Å². The van der Waals surface area contributed by atoms with E-state index >= 15 is 0 Å². The molecule has 3 rings (SSSR count). The highest BCUT2D eigenvalue weighted by Crippen LogP contribution is 2.29. The maximum Gasteiger partial charge on any atom is 0.339 e. The van der Waals surface area contributed by atoms with Crippen molar-refractivity contribution in [2.24, 2.45) is 0 Å². The van der Waals surface area contributed by atoms with Gasteiger partial charge in [-0.2, -0.15) is 11.8 Å². The second kappa shape index (κ2) is 6.71. The Bertz CT molecular complexity index is 657. The van der Waals surface area contributed by atoms with Crippen LogP contribution in [0.3, 0.4) is 0 Å². The molecule has 1 heterocycles. The fourth-order valence-electron chi connectivity index (χ4n) is 2.79. The Morgan fingerprint density at radius 3 is 2.86 bits per heavy atom. The first kappa shape index (κ1) is 15.4. The Balaban J connectivity index is 1.53. The van der Waals surface area contributed by atoms with E-state index in [0.717, 1.165) is 18.6 Å². The summed E-state index contributed by atoms with van der Waals surface area (Å²) in [6.07, 6.45) is 2.13. The summed E-state index contributed by atoms with van der Waals surface area (Å²) in [5.41, 5.74) is 0.00804. The standard InChI is InChI=1S/C18H20O3S/c19-17(18(20)10-12-22-13-18)21-11-4-8-15-7-3-6-14-5-1-2-9-16(14)15/h1-3,5-7,9,20H,4,8,10-13H2. The number of carbonyl (C=O) groups is 1. The second-order valence-electron chi connectivity index (χ2n) is 5.71. The zero-order valence-electron chi connectivity index (χ0n) is 12.5. The molecule has 0 aromatic heterocycles. The number of aryl methyl sites for hydroxylation is 1. The minimum Gasteiger partial charge on any atom is -0.464 e. The number of hydrogen-bond donors (Lipinski definition) is 1. The van der Waals surface area contributed by atoms with Crippen LogP contribution in [0, 0.1) is 0 Å². The molecule has 0 spiro atoms. The first-order valence-corrected chi connectivity index (χ1v) is 8.78. The summed E-state index contributed by atoms with van der Waals surface area (Å²) in [6.45, 7) is 0.356. The minimum absolute atomic E-state index is 0.356. The molecule has 116 valence electrons. The van der Waals surface area contributed by atoms with Crippen molar-refractivity contribution in [2.75, 3.05) is 18.1 Å². The summed E-state index contributed by atoms with van der Waals surface area (Å²) in [5, 5.41) is 12.6. The van der Waals surface area contributed by atoms with Gasteiger partial charge in [-0.05, 0) is 41.4 Å². The number of benzene rings is 2. The third-order valence-electron chi connectivity index (χ3n) is 4.08. The summed E-state index contributed by atoms with van der Waals surface area (Å²) >= 11 is 1.60. The van der Waals surface area contributed by atoms with Gasteiger partial charge in [0.1, 0.15) is 0 Å². The van der Waals surface area contributed by atoms with E-state index in [4.69, 9.17) is 4.74 Å². The number of fused-ring (bicyclic) bond motifs is 1. The molecule has 2 aromatic carbocycles. The van der Waals surface area contributed by atoms with Gasteiger partial charge in [0.15, 0.2) is 5.60 Å². The fourth-order valence-corrected chi connectivity index (χ4v) is 4.01. The largest absolute Gasteiger partial charge is 0.464 e. The van der Waals surface area contributed by atoms with Crippen molar-refractivity contribution in [1.29, 1.82) is 0 Å². The molecule has 3 nitrogen and oxygen atoms in total. The monoisotopic (exact) mass is 316 g/mol. The van der Waals surface area contributed by atoms with Crippen molar-refractivity contribution < 1.29 is 14.6 Å². The lowest BCUT2D eigenvalue weighted by Gasteiger charge is -2.19. The highest BCUT2D eigenvalue weighted by atomic mass is 32.2. The van der Waals surface area contributed by atoms with E-state index in [-0.39, 0.29) is 0 Å². The van der Waals surface area contributed by atoms with Gasteiger partial charge in [-0.3, -0.25) is 0 Å². The summed E-state index contributed by atoms with van der Waals surface area (Å²) in [7, 11) is 0. The number of esters is 1. The molecule has 0 amide bonds. The lowest BCUT2D eigenvalue weighted by Crippen LogP contribution is -2.40. The van der Waals surface area contributed by atoms with Gasteiger partial charge in [0.05, 0.1) is 6.61 Å². The van der Waals surface area contributed by atoms with E-state index in [9.17, 15) is 9.90 Å². The van der Waals surface area contributed by atoms with Gasteiger partial charge in [-0.1, -0.05) is 42.5 Å². The Morgan fingerprint density at radius 2 is 2.05 bits per heavy atom. The number of rotatable bonds is 5. The summed E-state index contributed by atoms with van der Waals surface area (Å²) in [4.78, 5) is 11.9. The molecule has 1 fully saturated rings. The smallest absolute Gasteiger partial charge is 0.339 e. The highest BCUT2D eigenvalue weighted by molar-refractivity contribution is 7.99. The van der Waals surface area contributed by atoms with Gasteiger partial charge < -0.3 is 9.84 Å². The van der Waals surface area contributed by atoms with Crippen LogP contribution in [0.2, 0.25) is 0 Å². The molecule has 1 aliphatic heterocycles. The van der Waals surface area contributed by atoms with Gasteiger partial charge >= 0.3 is 5.97 Å². The van der Waals surface area contributed by atoms with Crippen molar-refractivity contribution in [3.8, 4) is 0 Å². The number of thioether (sulfide) groups is 1. The summed E-state index contributed by atoms with van der Waals surface area (Å²) < 4.78 is 5.26. The summed E-state index contributed by atoms with van der Waals surface area (Å²) in [5.74, 6) is 0.812. The Kier molecular flexibility index (Phi) is 4.69. The van der Waals surface area contributed by atoms with E-state index < -0.39 is 11.6 Å². The molecule has 0 saturated carbocycles. The summed E-state index contributed by atoms with van der Waals surface area (Å²) in [6, 6.07) is 14.6. The molecular formula is C18H20O3S. The maximum atomic E-state index is 11.9. The Morgan fingerprint density at radius 1 is 1.23 bits per heavy atom. The zero-order chi connectivity index (χ0) is 15.4. The quantitative estimate of drug-likeness (QED) is 0.680. The molecule has 4 heteroatoms. The van der Waals surface area contributed by atoms with Crippen LogP contribution in [0.15, 0.2) is 42.5 Å². The molecule has 1 atom stereocenters. The molecule has 22 heavy (non-hydrogen) atoms. The van der Waals surface area contributed by atoms with Crippen LogP contribution in [-0.2, 0) is 16.0 Å². The molecule has 1 unspecified atom stereocenters. The van der Waals surface area contributed by atoms with Crippen molar-refractivity contribution in [1.82, 2.24) is 0 Å². The molecule has 1 saturated heterocycles. The lowest BCUT2D eigenvalue weighted by atomic mass is 10.0. The van der Waals surface area contributed by atoms with E-state index in [1.165, 1.54) is 16.3 Å². The van der Waals surface area contributed by atoms with Crippen LogP contribution < -0.4 is 0 Å². The normalized spacial score (nSPS) is 21.1. The van der Waals surface area contributed by atoms with Gasteiger partial charge in [0, 0.05) is 5.75 Å². The van der Waals surface area contributed by atoms with Gasteiger partial charge in [0.25, 0.3) is 0 Å².